The molecule has 31 heavy (non-hydrogen) atoms. The Morgan fingerprint density at radius 2 is 1.68 bits per heavy atom. The highest BCUT2D eigenvalue weighted by atomic mass is 16.5. The normalized spacial score (nSPS) is 22.9. The number of fused-ring (bicyclic) bond motifs is 5. The lowest BCUT2D eigenvalue weighted by Gasteiger charge is -2.36. The Labute approximate surface area is 188 Å². The van der Waals surface area contributed by atoms with Gasteiger partial charge >= 0.3 is 0 Å². The van der Waals surface area contributed by atoms with Gasteiger partial charge in [0.1, 0.15) is 11.4 Å². The second-order valence-electron chi connectivity index (χ2n) is 9.57. The maximum Gasteiger partial charge on any atom is 0.275 e. The lowest BCUT2D eigenvalue weighted by molar-refractivity contribution is 0.217. The number of hydrogen-bond acceptors (Lipinski definition) is 3. The van der Waals surface area contributed by atoms with Gasteiger partial charge in [0.25, 0.3) is 5.56 Å². The molecule has 2 aliphatic rings. The summed E-state index contributed by atoms with van der Waals surface area (Å²) in [4.78, 5) is 15.7. The molecule has 1 saturated carbocycles. The zero-order valence-electron chi connectivity index (χ0n) is 20.8. The summed E-state index contributed by atoms with van der Waals surface area (Å²) >= 11 is 0. The molecule has 0 spiro atoms. The second-order valence-corrected chi connectivity index (χ2v) is 9.57. The van der Waals surface area contributed by atoms with Gasteiger partial charge in [-0.05, 0) is 62.9 Å². The van der Waals surface area contributed by atoms with Crippen molar-refractivity contribution in [2.45, 2.75) is 72.6 Å². The van der Waals surface area contributed by atoms with E-state index < -0.39 is 0 Å². The van der Waals surface area contributed by atoms with Crippen molar-refractivity contribution in [2.24, 2.45) is 12.5 Å². The van der Waals surface area contributed by atoms with E-state index in [0.717, 1.165) is 29.8 Å². The monoisotopic (exact) mass is 427 g/mol. The molecule has 2 atom stereocenters. The molecule has 0 radical (unpaired) electrons. The Hall–Kier alpha value is -2.01. The lowest BCUT2D eigenvalue weighted by atomic mass is 9.70. The molecule has 5 heteroatoms. The van der Waals surface area contributed by atoms with Crippen LogP contribution >= 0.6 is 0 Å². The van der Waals surface area contributed by atoms with E-state index in [0.29, 0.717) is 12.5 Å². The minimum absolute atomic E-state index is 0.0622. The van der Waals surface area contributed by atoms with Crippen LogP contribution in [0.2, 0.25) is 0 Å². The topological polar surface area (TPSA) is 39.4 Å². The van der Waals surface area contributed by atoms with Gasteiger partial charge in [-0.1, -0.05) is 53.7 Å². The van der Waals surface area contributed by atoms with Crippen LogP contribution in [-0.4, -0.2) is 40.5 Å². The molecule has 0 N–H and O–H groups in total. The average Bonchev–Trinajstić information content (AvgIpc) is 3.22. The number of para-hydroxylation sites is 2. The number of nitrogens with zero attached hydrogens (tertiary/aromatic N) is 3. The van der Waals surface area contributed by atoms with Gasteiger partial charge < -0.3 is 9.64 Å². The lowest BCUT2D eigenvalue weighted by Crippen LogP contribution is -2.35. The molecule has 2 bridgehead atoms. The number of ether oxygens (including phenoxy) is 1. The van der Waals surface area contributed by atoms with Crippen LogP contribution in [0.5, 0.6) is 5.75 Å². The molecular weight excluding hydrogens is 386 g/mol. The van der Waals surface area contributed by atoms with Crippen LogP contribution in [-0.2, 0) is 12.5 Å². The van der Waals surface area contributed by atoms with Crippen LogP contribution in [0, 0.1) is 5.41 Å². The molecule has 4 rings (SSSR count). The van der Waals surface area contributed by atoms with Gasteiger partial charge in [0.05, 0.1) is 12.3 Å². The summed E-state index contributed by atoms with van der Waals surface area (Å²) < 4.78 is 9.65. The number of hydrogen-bond donors (Lipinski definition) is 0. The van der Waals surface area contributed by atoms with Crippen molar-refractivity contribution >= 4 is 0 Å². The van der Waals surface area contributed by atoms with Crippen molar-refractivity contribution in [3.63, 3.8) is 0 Å². The largest absolute Gasteiger partial charge is 0.492 e. The van der Waals surface area contributed by atoms with E-state index in [4.69, 9.17) is 4.74 Å². The molecule has 2 aliphatic carbocycles. The zero-order chi connectivity index (χ0) is 23.0. The Balaban J connectivity index is 0.000000339. The highest BCUT2D eigenvalue weighted by Gasteiger charge is 2.62. The SMILES string of the molecule is CCN(CC)CC.CCOc1ccccc1-n1c(=O)c2c(n1C)[C@]1(C)CC[C@H]2C1(C)C. The fraction of sp³-hybridized carbons (Fsp3) is 0.654. The number of benzene rings is 1. The van der Waals surface area contributed by atoms with E-state index in [1.807, 2.05) is 42.9 Å². The van der Waals surface area contributed by atoms with E-state index in [1.54, 1.807) is 0 Å². The first-order valence-electron chi connectivity index (χ1n) is 12.0. The second kappa shape index (κ2) is 8.85. The van der Waals surface area contributed by atoms with Gasteiger partial charge in [-0.15, -0.1) is 0 Å². The first-order valence-corrected chi connectivity index (χ1v) is 12.0. The minimum atomic E-state index is 0.0622. The standard InChI is InChI=1S/C20H26N2O2.C6H15N/c1-6-24-15-10-8-7-9-14(15)22-18(23)16-13-11-12-20(4,19(13,2)3)17(16)21(22)5;1-4-7(5-2)6-3/h7-10,13H,6,11-12H2,1-5H3;4-6H2,1-3H3/t13-,20+;/m1./s1. The summed E-state index contributed by atoms with van der Waals surface area (Å²) in [6.45, 7) is 19.7. The third kappa shape index (κ3) is 3.55. The smallest absolute Gasteiger partial charge is 0.275 e. The van der Waals surface area contributed by atoms with Crippen LogP contribution in [0.1, 0.15) is 78.5 Å². The molecule has 1 fully saturated rings. The molecule has 0 saturated heterocycles. The van der Waals surface area contributed by atoms with Crippen molar-refractivity contribution in [2.75, 3.05) is 26.2 Å². The molecule has 0 amide bonds. The number of aromatic nitrogens is 2. The summed E-state index contributed by atoms with van der Waals surface area (Å²) in [5.41, 5.74) is 3.42. The Kier molecular flexibility index (Phi) is 6.75. The first kappa shape index (κ1) is 23.6. The summed E-state index contributed by atoms with van der Waals surface area (Å²) in [6, 6.07) is 7.81. The molecule has 0 unspecified atom stereocenters. The van der Waals surface area contributed by atoms with Crippen molar-refractivity contribution in [1.29, 1.82) is 0 Å². The fourth-order valence-corrected chi connectivity index (χ4v) is 5.88. The molecule has 1 aromatic carbocycles. The highest BCUT2D eigenvalue weighted by molar-refractivity contribution is 5.51. The zero-order valence-corrected chi connectivity index (χ0v) is 20.8. The van der Waals surface area contributed by atoms with Crippen molar-refractivity contribution < 1.29 is 4.74 Å². The molecular formula is C26H41N3O2. The maximum absolute atomic E-state index is 13.3. The maximum atomic E-state index is 13.3. The van der Waals surface area contributed by atoms with Gasteiger partial charge in [-0.2, -0.15) is 0 Å². The summed E-state index contributed by atoms with van der Waals surface area (Å²) in [5, 5.41) is 0. The third-order valence-electron chi connectivity index (χ3n) is 8.13. The third-order valence-corrected chi connectivity index (χ3v) is 8.13. The van der Waals surface area contributed by atoms with E-state index >= 15 is 0 Å². The predicted octanol–water partition coefficient (Wildman–Crippen LogP) is 5.10. The molecule has 2 aromatic rings. The van der Waals surface area contributed by atoms with E-state index in [9.17, 15) is 4.79 Å². The predicted molar refractivity (Wildman–Crippen MR) is 129 cm³/mol. The summed E-state index contributed by atoms with van der Waals surface area (Å²) in [5.74, 6) is 1.12. The van der Waals surface area contributed by atoms with E-state index in [1.165, 1.54) is 25.3 Å². The molecule has 5 nitrogen and oxygen atoms in total. The molecule has 0 aliphatic heterocycles. The quantitative estimate of drug-likeness (QED) is 0.644. The van der Waals surface area contributed by atoms with Gasteiger partial charge in [-0.3, -0.25) is 9.48 Å². The van der Waals surface area contributed by atoms with Crippen LogP contribution < -0.4 is 10.3 Å². The Bertz CT molecular complexity index is 962. The van der Waals surface area contributed by atoms with E-state index in [-0.39, 0.29) is 16.4 Å². The molecule has 1 heterocycles. The van der Waals surface area contributed by atoms with E-state index in [2.05, 4.69) is 51.1 Å². The Morgan fingerprint density at radius 1 is 1.06 bits per heavy atom. The van der Waals surface area contributed by atoms with Crippen LogP contribution in [0.15, 0.2) is 29.1 Å². The van der Waals surface area contributed by atoms with Crippen LogP contribution in [0.4, 0.5) is 0 Å². The van der Waals surface area contributed by atoms with Crippen LogP contribution in [0.3, 0.4) is 0 Å². The average molecular weight is 428 g/mol. The summed E-state index contributed by atoms with van der Waals surface area (Å²) in [6.07, 6.45) is 2.27. The van der Waals surface area contributed by atoms with Crippen molar-refractivity contribution in [3.8, 4) is 11.4 Å². The molecule has 172 valence electrons. The minimum Gasteiger partial charge on any atom is -0.492 e. The van der Waals surface area contributed by atoms with Gasteiger partial charge in [0.15, 0.2) is 0 Å². The molecule has 1 aromatic heterocycles. The van der Waals surface area contributed by atoms with Crippen molar-refractivity contribution in [3.05, 3.63) is 45.9 Å². The first-order chi connectivity index (χ1) is 14.7. The van der Waals surface area contributed by atoms with Gasteiger partial charge in [0, 0.05) is 18.0 Å². The highest BCUT2D eigenvalue weighted by Crippen LogP contribution is 2.66. The summed E-state index contributed by atoms with van der Waals surface area (Å²) in [7, 11) is 2.02. The fourth-order valence-electron chi connectivity index (χ4n) is 5.88. The Morgan fingerprint density at radius 3 is 2.19 bits per heavy atom. The van der Waals surface area contributed by atoms with Gasteiger partial charge in [-0.25, -0.2) is 4.68 Å². The van der Waals surface area contributed by atoms with Crippen LogP contribution in [0.25, 0.3) is 5.69 Å². The van der Waals surface area contributed by atoms with Crippen molar-refractivity contribution in [1.82, 2.24) is 14.3 Å². The number of rotatable bonds is 6. The van der Waals surface area contributed by atoms with Gasteiger partial charge in [0.2, 0.25) is 0 Å².